The molecule has 4 nitrogen and oxygen atoms in total. The minimum Gasteiger partial charge on any atom is -0.488 e. The van der Waals surface area contributed by atoms with Crippen LogP contribution in [0.15, 0.2) is 23.2 Å². The zero-order chi connectivity index (χ0) is 17.2. The highest BCUT2D eigenvalue weighted by atomic mass is 16.5. The number of aliphatic hydroxyl groups is 1. The highest BCUT2D eigenvalue weighted by Crippen LogP contribution is 2.68. The molecule has 0 aliphatic heterocycles. The van der Waals surface area contributed by atoms with Crippen LogP contribution in [-0.2, 0) is 14.3 Å². The molecular formula is C19H28O4. The number of carbonyl (C=O) groups is 1. The van der Waals surface area contributed by atoms with E-state index in [1.165, 1.54) is 0 Å². The van der Waals surface area contributed by atoms with E-state index in [-0.39, 0.29) is 35.6 Å². The van der Waals surface area contributed by atoms with Crippen molar-refractivity contribution >= 4 is 5.78 Å². The summed E-state index contributed by atoms with van der Waals surface area (Å²) >= 11 is 0. The highest BCUT2D eigenvalue weighted by molar-refractivity contribution is 6.05. The predicted octanol–water partition coefficient (Wildman–Crippen LogP) is 3.35. The zero-order valence-corrected chi connectivity index (χ0v) is 15.0. The van der Waals surface area contributed by atoms with Crippen molar-refractivity contribution in [2.24, 2.45) is 17.3 Å². The van der Waals surface area contributed by atoms with Crippen molar-refractivity contribution < 1.29 is 19.4 Å². The van der Waals surface area contributed by atoms with Crippen LogP contribution in [-0.4, -0.2) is 28.7 Å². The van der Waals surface area contributed by atoms with Gasteiger partial charge in [0.1, 0.15) is 0 Å². The van der Waals surface area contributed by atoms with E-state index >= 15 is 0 Å². The van der Waals surface area contributed by atoms with E-state index in [0.717, 1.165) is 18.4 Å². The van der Waals surface area contributed by atoms with Crippen LogP contribution in [0.25, 0.3) is 0 Å². The first-order chi connectivity index (χ1) is 10.7. The number of hydrogen-bond donors (Lipinski definition) is 1. The summed E-state index contributed by atoms with van der Waals surface area (Å²) < 4.78 is 11.8. The number of ketones is 1. The molecule has 4 heteroatoms. The van der Waals surface area contributed by atoms with Crippen LogP contribution in [0.1, 0.15) is 54.4 Å². The fourth-order valence-corrected chi connectivity index (χ4v) is 4.99. The van der Waals surface area contributed by atoms with Gasteiger partial charge in [-0.05, 0) is 65.4 Å². The summed E-state index contributed by atoms with van der Waals surface area (Å²) in [4.78, 5) is 13.4. The van der Waals surface area contributed by atoms with Crippen LogP contribution < -0.4 is 0 Å². The Hall–Kier alpha value is -1.29. The molecule has 0 aromatic rings. The van der Waals surface area contributed by atoms with Crippen LogP contribution in [0.2, 0.25) is 0 Å². The Labute approximate surface area is 138 Å². The summed E-state index contributed by atoms with van der Waals surface area (Å²) in [7, 11) is 0. The van der Waals surface area contributed by atoms with Crippen molar-refractivity contribution in [2.45, 2.75) is 72.2 Å². The molecule has 3 aliphatic carbocycles. The molecular weight excluding hydrogens is 292 g/mol. The zero-order valence-electron chi connectivity index (χ0n) is 15.0. The van der Waals surface area contributed by atoms with Crippen LogP contribution in [0.4, 0.5) is 0 Å². The third-order valence-corrected chi connectivity index (χ3v) is 5.67. The van der Waals surface area contributed by atoms with Crippen molar-refractivity contribution in [3.05, 3.63) is 23.2 Å². The Morgan fingerprint density at radius 3 is 2.35 bits per heavy atom. The number of rotatable bonds is 4. The molecule has 0 saturated heterocycles. The number of allylic oxidation sites excluding steroid dienone is 2. The maximum Gasteiger partial charge on any atom is 0.211 e. The molecule has 0 heterocycles. The predicted molar refractivity (Wildman–Crippen MR) is 87.5 cm³/mol. The van der Waals surface area contributed by atoms with Crippen molar-refractivity contribution in [3.8, 4) is 0 Å². The van der Waals surface area contributed by atoms with Gasteiger partial charge in [0.05, 0.1) is 17.6 Å². The van der Waals surface area contributed by atoms with Crippen LogP contribution in [0, 0.1) is 17.3 Å². The van der Waals surface area contributed by atoms with E-state index < -0.39 is 11.0 Å². The van der Waals surface area contributed by atoms with Crippen molar-refractivity contribution in [1.29, 1.82) is 0 Å². The molecule has 1 fully saturated rings. The van der Waals surface area contributed by atoms with Gasteiger partial charge in [0.15, 0.2) is 11.4 Å². The van der Waals surface area contributed by atoms with Gasteiger partial charge in [-0.2, -0.15) is 0 Å². The summed E-state index contributed by atoms with van der Waals surface area (Å²) in [6, 6.07) is 0. The molecule has 1 spiro atoms. The lowest BCUT2D eigenvalue weighted by molar-refractivity contribution is -0.141. The molecule has 23 heavy (non-hydrogen) atoms. The fraction of sp³-hybridized carbons (Fsp3) is 0.737. The van der Waals surface area contributed by atoms with E-state index in [1.807, 2.05) is 40.7 Å². The first kappa shape index (κ1) is 16.6. The first-order valence-electron chi connectivity index (χ1n) is 8.70. The fourth-order valence-electron chi connectivity index (χ4n) is 4.99. The van der Waals surface area contributed by atoms with E-state index in [0.29, 0.717) is 5.76 Å². The molecule has 0 amide bonds. The van der Waals surface area contributed by atoms with Crippen molar-refractivity contribution in [1.82, 2.24) is 0 Å². The first-order valence-corrected chi connectivity index (χ1v) is 8.70. The molecule has 0 radical (unpaired) electrons. The number of carbonyl (C=O) groups excluding carboxylic acids is 1. The second-order valence-corrected chi connectivity index (χ2v) is 7.88. The summed E-state index contributed by atoms with van der Waals surface area (Å²) in [5.74, 6) is 0.652. The third-order valence-electron chi connectivity index (χ3n) is 5.67. The van der Waals surface area contributed by atoms with Gasteiger partial charge >= 0.3 is 0 Å². The molecule has 1 saturated carbocycles. The molecule has 0 aromatic heterocycles. The number of hydrogen-bond acceptors (Lipinski definition) is 4. The summed E-state index contributed by atoms with van der Waals surface area (Å²) in [5.41, 5.74) is -1.12. The average molecular weight is 320 g/mol. The molecule has 4 atom stereocenters. The second-order valence-electron chi connectivity index (χ2n) is 7.88. The van der Waals surface area contributed by atoms with Gasteiger partial charge in [-0.25, -0.2) is 0 Å². The summed E-state index contributed by atoms with van der Waals surface area (Å²) in [5, 5.41) is 11.6. The lowest BCUT2D eigenvalue weighted by Gasteiger charge is -2.39. The van der Waals surface area contributed by atoms with Crippen LogP contribution in [0.3, 0.4) is 0 Å². The molecule has 128 valence electrons. The maximum atomic E-state index is 13.4. The Balaban J connectivity index is 2.20. The van der Waals surface area contributed by atoms with E-state index in [4.69, 9.17) is 9.47 Å². The number of ether oxygens (including phenoxy) is 2. The van der Waals surface area contributed by atoms with Crippen LogP contribution >= 0.6 is 0 Å². The minimum absolute atomic E-state index is 0.0764. The van der Waals surface area contributed by atoms with Crippen LogP contribution in [0.5, 0.6) is 0 Å². The van der Waals surface area contributed by atoms with Gasteiger partial charge in [0, 0.05) is 0 Å². The van der Waals surface area contributed by atoms with E-state index in [2.05, 4.69) is 6.92 Å². The Morgan fingerprint density at radius 1 is 1.17 bits per heavy atom. The number of Topliss-reactive ketones (excluding diaryl/α,β-unsaturated/α-hetero) is 1. The summed E-state index contributed by atoms with van der Waals surface area (Å²) in [6.45, 7) is 11.7. The van der Waals surface area contributed by atoms with Gasteiger partial charge < -0.3 is 14.6 Å². The normalized spacial score (nSPS) is 39.2. The topological polar surface area (TPSA) is 55.8 Å². The SMILES string of the molecule is CC1=C[C@]2(O)C(OC(C)C)=C(OC(C)C)C(=O)[C@@]23[C@H](C)CC[C@@H]13. The third kappa shape index (κ3) is 1.90. The summed E-state index contributed by atoms with van der Waals surface area (Å²) in [6.07, 6.45) is 3.44. The molecule has 3 aliphatic rings. The molecule has 0 aromatic carbocycles. The van der Waals surface area contributed by atoms with Gasteiger partial charge in [0.25, 0.3) is 0 Å². The Kier molecular flexibility index (Phi) is 3.67. The lowest BCUT2D eigenvalue weighted by Crippen LogP contribution is -2.51. The van der Waals surface area contributed by atoms with Gasteiger partial charge in [-0.1, -0.05) is 12.5 Å². The van der Waals surface area contributed by atoms with E-state index in [9.17, 15) is 9.90 Å². The Morgan fingerprint density at radius 2 is 1.78 bits per heavy atom. The standard InChI is InChI=1S/C19H28O4/c1-10(2)22-15-16(20)19-13(6)7-8-14(19)12(5)9-18(19,21)17(15)23-11(3)4/h9-11,13-14,21H,7-8H2,1-6H3/t13-,14+,18+,19+/m1/s1. The Bertz CT molecular complexity index is 600. The van der Waals surface area contributed by atoms with Gasteiger partial charge in [0.2, 0.25) is 11.5 Å². The lowest BCUT2D eigenvalue weighted by atomic mass is 9.65. The minimum atomic E-state index is -1.37. The maximum absolute atomic E-state index is 13.4. The highest BCUT2D eigenvalue weighted by Gasteiger charge is 2.75. The molecule has 3 rings (SSSR count). The molecule has 0 unspecified atom stereocenters. The monoisotopic (exact) mass is 320 g/mol. The van der Waals surface area contributed by atoms with Crippen molar-refractivity contribution in [2.75, 3.05) is 0 Å². The average Bonchev–Trinajstić information content (AvgIpc) is 2.94. The molecule has 0 bridgehead atoms. The van der Waals surface area contributed by atoms with Gasteiger partial charge in [-0.3, -0.25) is 4.79 Å². The van der Waals surface area contributed by atoms with Crippen molar-refractivity contribution in [3.63, 3.8) is 0 Å². The quantitative estimate of drug-likeness (QED) is 0.807. The second kappa shape index (κ2) is 5.10. The smallest absolute Gasteiger partial charge is 0.211 e. The van der Waals surface area contributed by atoms with E-state index in [1.54, 1.807) is 0 Å². The van der Waals surface area contributed by atoms with Gasteiger partial charge in [-0.15, -0.1) is 0 Å². The molecule has 1 N–H and O–H groups in total. The largest absolute Gasteiger partial charge is 0.488 e.